The average molecular weight is 380 g/mol. The number of hydrogen-bond acceptors (Lipinski definition) is 5. The molecule has 29 heavy (non-hydrogen) atoms. The fourth-order valence-electron chi connectivity index (χ4n) is 3.10. The predicted molar refractivity (Wildman–Crippen MR) is 116 cm³/mol. The number of benzene rings is 3. The molecule has 5 nitrogen and oxygen atoms in total. The highest BCUT2D eigenvalue weighted by Gasteiger charge is 2.17. The van der Waals surface area contributed by atoms with Crippen molar-refractivity contribution in [2.75, 3.05) is 0 Å². The largest absolute Gasteiger partial charge is 0.507 e. The zero-order valence-corrected chi connectivity index (χ0v) is 15.9. The molecular weight excluding hydrogens is 360 g/mol. The first-order chi connectivity index (χ1) is 14.2. The molecule has 0 bridgehead atoms. The second kappa shape index (κ2) is 7.94. The monoisotopic (exact) mass is 380 g/mol. The first kappa shape index (κ1) is 18.4. The number of hydrazone groups is 1. The molecule has 0 spiro atoms. The van der Waals surface area contributed by atoms with Gasteiger partial charge in [0.05, 0.1) is 11.4 Å². The van der Waals surface area contributed by atoms with Crippen molar-refractivity contribution in [3.8, 4) is 28.3 Å². The van der Waals surface area contributed by atoms with Crippen molar-refractivity contribution in [1.29, 1.82) is 0 Å². The van der Waals surface area contributed by atoms with Crippen molar-refractivity contribution in [1.82, 2.24) is 9.97 Å². The third kappa shape index (κ3) is 3.84. The maximum absolute atomic E-state index is 10.3. The number of aryl methyl sites for hydroxylation is 1. The summed E-state index contributed by atoms with van der Waals surface area (Å²) in [6.45, 7) is 2.04. The van der Waals surface area contributed by atoms with Gasteiger partial charge in [0.2, 0.25) is 0 Å². The number of phenolic OH excluding ortho intramolecular Hbond substituents is 1. The molecule has 0 aliphatic carbocycles. The van der Waals surface area contributed by atoms with E-state index < -0.39 is 0 Å². The van der Waals surface area contributed by atoms with Gasteiger partial charge in [-0.3, -0.25) is 0 Å². The van der Waals surface area contributed by atoms with Gasteiger partial charge in [0, 0.05) is 16.7 Å². The molecule has 0 radical (unpaired) electrons. The Kier molecular flexibility index (Phi) is 5.03. The Hall–Kier alpha value is -3.99. The van der Waals surface area contributed by atoms with Gasteiger partial charge in [-0.15, -0.1) is 0 Å². The first-order valence-electron chi connectivity index (χ1n) is 9.24. The van der Waals surface area contributed by atoms with E-state index >= 15 is 0 Å². The Labute approximate surface area is 169 Å². The number of aromatic hydroxyl groups is 1. The zero-order chi connectivity index (χ0) is 20.2. The number of rotatable bonds is 4. The second-order valence-corrected chi connectivity index (χ2v) is 6.69. The van der Waals surface area contributed by atoms with E-state index in [-0.39, 0.29) is 5.75 Å². The lowest BCUT2D eigenvalue weighted by Crippen LogP contribution is -2.12. The highest BCUT2D eigenvalue weighted by Crippen LogP contribution is 2.26. The quantitative estimate of drug-likeness (QED) is 0.309. The maximum atomic E-state index is 10.3. The topological polar surface area (TPSA) is 84.4 Å². The van der Waals surface area contributed by atoms with Crippen molar-refractivity contribution in [3.63, 3.8) is 0 Å². The van der Waals surface area contributed by atoms with Gasteiger partial charge >= 0.3 is 0 Å². The summed E-state index contributed by atoms with van der Waals surface area (Å²) in [6.07, 6.45) is 0. The summed E-state index contributed by atoms with van der Waals surface area (Å²) in [5.41, 5.74) is 5.41. The fourth-order valence-corrected chi connectivity index (χ4v) is 3.10. The Morgan fingerprint density at radius 3 is 2.00 bits per heavy atom. The highest BCUT2D eigenvalue weighted by molar-refractivity contribution is 6.12. The summed E-state index contributed by atoms with van der Waals surface area (Å²) in [5.74, 6) is 6.12. The molecule has 0 aliphatic heterocycles. The summed E-state index contributed by atoms with van der Waals surface area (Å²) in [5, 5.41) is 14.2. The zero-order valence-electron chi connectivity index (χ0n) is 15.9. The molecule has 0 saturated heterocycles. The van der Waals surface area contributed by atoms with E-state index in [4.69, 9.17) is 15.8 Å². The van der Waals surface area contributed by atoms with Crippen molar-refractivity contribution in [2.24, 2.45) is 10.9 Å². The van der Waals surface area contributed by atoms with Gasteiger partial charge < -0.3 is 10.9 Å². The second-order valence-electron chi connectivity index (χ2n) is 6.69. The number of aromatic nitrogens is 2. The van der Waals surface area contributed by atoms with E-state index in [1.807, 2.05) is 73.7 Å². The van der Waals surface area contributed by atoms with Crippen LogP contribution in [0.3, 0.4) is 0 Å². The molecule has 5 heteroatoms. The number of nitrogens with zero attached hydrogens (tertiary/aromatic N) is 3. The van der Waals surface area contributed by atoms with Gasteiger partial charge in [0.25, 0.3) is 0 Å². The Balaban J connectivity index is 1.92. The molecule has 142 valence electrons. The summed E-state index contributed by atoms with van der Waals surface area (Å²) in [7, 11) is 0. The van der Waals surface area contributed by atoms with E-state index in [9.17, 15) is 5.11 Å². The van der Waals surface area contributed by atoms with Crippen LogP contribution in [-0.2, 0) is 0 Å². The molecule has 0 amide bonds. The van der Waals surface area contributed by atoms with E-state index in [1.54, 1.807) is 18.2 Å². The van der Waals surface area contributed by atoms with Crippen molar-refractivity contribution in [2.45, 2.75) is 6.92 Å². The standard InChI is InChI=1S/C24H20N4O/c1-16-11-13-18(14-12-16)21-15-20(17-7-3-2-4-8-17)26-24(27-21)23(28-25)19-9-5-6-10-22(19)29/h2-15,29H,25H2,1H3/b28-23+. The van der Waals surface area contributed by atoms with Crippen LogP contribution in [0.2, 0.25) is 0 Å². The number of phenols is 1. The van der Waals surface area contributed by atoms with Crippen LogP contribution in [0.1, 0.15) is 17.0 Å². The fraction of sp³-hybridized carbons (Fsp3) is 0.0417. The van der Waals surface area contributed by atoms with Crippen LogP contribution in [0.15, 0.2) is 90.0 Å². The minimum atomic E-state index is 0.0716. The SMILES string of the molecule is Cc1ccc(-c2cc(-c3ccccc3)nc(/C(=N/N)c3ccccc3O)n2)cc1. The van der Waals surface area contributed by atoms with Gasteiger partial charge in [-0.05, 0) is 25.1 Å². The van der Waals surface area contributed by atoms with E-state index in [0.717, 1.165) is 22.5 Å². The van der Waals surface area contributed by atoms with Crippen molar-refractivity contribution < 1.29 is 5.11 Å². The molecule has 3 N–H and O–H groups in total. The highest BCUT2D eigenvalue weighted by atomic mass is 16.3. The maximum Gasteiger partial charge on any atom is 0.181 e. The van der Waals surface area contributed by atoms with Gasteiger partial charge in [-0.25, -0.2) is 9.97 Å². The minimum absolute atomic E-state index is 0.0716. The van der Waals surface area contributed by atoms with Gasteiger partial charge in [-0.2, -0.15) is 5.10 Å². The van der Waals surface area contributed by atoms with Crippen LogP contribution in [0.25, 0.3) is 22.5 Å². The summed E-state index contributed by atoms with van der Waals surface area (Å²) >= 11 is 0. The third-order valence-electron chi connectivity index (χ3n) is 4.64. The number of nitrogens with two attached hydrogens (primary N) is 1. The van der Waals surface area contributed by atoms with Crippen LogP contribution in [-0.4, -0.2) is 20.8 Å². The van der Waals surface area contributed by atoms with Gasteiger partial charge in [0.15, 0.2) is 5.82 Å². The minimum Gasteiger partial charge on any atom is -0.507 e. The summed E-state index contributed by atoms with van der Waals surface area (Å²) < 4.78 is 0. The van der Waals surface area contributed by atoms with E-state index in [0.29, 0.717) is 17.1 Å². The smallest absolute Gasteiger partial charge is 0.181 e. The predicted octanol–water partition coefficient (Wildman–Crippen LogP) is 4.54. The third-order valence-corrected chi connectivity index (χ3v) is 4.64. The molecule has 1 heterocycles. The normalized spacial score (nSPS) is 11.4. The molecule has 1 aromatic heterocycles. The lowest BCUT2D eigenvalue weighted by Gasteiger charge is -2.11. The van der Waals surface area contributed by atoms with Crippen LogP contribution < -0.4 is 5.84 Å². The molecule has 0 unspecified atom stereocenters. The number of para-hydroxylation sites is 1. The Morgan fingerprint density at radius 1 is 0.793 bits per heavy atom. The molecule has 0 aliphatic rings. The van der Waals surface area contributed by atoms with Crippen LogP contribution in [0, 0.1) is 6.92 Å². The molecule has 0 atom stereocenters. The van der Waals surface area contributed by atoms with Crippen LogP contribution >= 0.6 is 0 Å². The molecule has 0 saturated carbocycles. The molecule has 3 aromatic carbocycles. The molecule has 0 fully saturated rings. The lowest BCUT2D eigenvalue weighted by molar-refractivity contribution is 0.474. The van der Waals surface area contributed by atoms with Crippen molar-refractivity contribution in [3.05, 3.63) is 102 Å². The lowest BCUT2D eigenvalue weighted by atomic mass is 10.0. The average Bonchev–Trinajstić information content (AvgIpc) is 2.76. The van der Waals surface area contributed by atoms with Crippen molar-refractivity contribution >= 4 is 5.71 Å². The number of hydrogen-bond donors (Lipinski definition) is 2. The van der Waals surface area contributed by atoms with Gasteiger partial charge in [-0.1, -0.05) is 72.3 Å². The van der Waals surface area contributed by atoms with E-state index in [1.165, 1.54) is 5.56 Å². The van der Waals surface area contributed by atoms with Crippen LogP contribution in [0.4, 0.5) is 0 Å². The molecule has 4 aromatic rings. The van der Waals surface area contributed by atoms with E-state index in [2.05, 4.69) is 5.10 Å². The molecule has 4 rings (SSSR count). The summed E-state index contributed by atoms with van der Waals surface area (Å²) in [4.78, 5) is 9.42. The summed E-state index contributed by atoms with van der Waals surface area (Å²) in [6, 6.07) is 26.8. The first-order valence-corrected chi connectivity index (χ1v) is 9.24. The van der Waals surface area contributed by atoms with Gasteiger partial charge in [0.1, 0.15) is 11.5 Å². The Bertz CT molecular complexity index is 1170. The van der Waals surface area contributed by atoms with Crippen LogP contribution in [0.5, 0.6) is 5.75 Å². The molecular formula is C24H20N4O. The Morgan fingerprint density at radius 2 is 1.38 bits per heavy atom.